The predicted octanol–water partition coefficient (Wildman–Crippen LogP) is 4.09. The predicted molar refractivity (Wildman–Crippen MR) is 113 cm³/mol. The lowest BCUT2D eigenvalue weighted by molar-refractivity contribution is -0.192. The molecule has 1 fully saturated rings. The maximum Gasteiger partial charge on any atom is 0.490 e. The summed E-state index contributed by atoms with van der Waals surface area (Å²) in [5.41, 5.74) is 2.71. The number of benzene rings is 2. The monoisotopic (exact) mass is 438 g/mol. The van der Waals surface area contributed by atoms with Crippen molar-refractivity contribution in [3.8, 4) is 0 Å². The zero-order valence-electron chi connectivity index (χ0n) is 17.7. The van der Waals surface area contributed by atoms with Crippen LogP contribution in [0.4, 0.5) is 13.2 Å². The maximum atomic E-state index is 10.6. The van der Waals surface area contributed by atoms with E-state index < -0.39 is 12.1 Å². The number of alkyl halides is 3. The maximum absolute atomic E-state index is 10.6. The first-order chi connectivity index (χ1) is 14.5. The number of rotatable bonds is 6. The van der Waals surface area contributed by atoms with Crippen LogP contribution in [0, 0.1) is 0 Å². The Kier molecular flexibility index (Phi) is 9.03. The highest BCUT2D eigenvalue weighted by Gasteiger charge is 2.38. The van der Waals surface area contributed by atoms with E-state index in [9.17, 15) is 13.2 Å². The molecule has 0 aromatic heterocycles. The van der Waals surface area contributed by atoms with Gasteiger partial charge < -0.3 is 15.2 Å². The first-order valence-electron chi connectivity index (χ1n) is 10.0. The lowest BCUT2D eigenvalue weighted by Gasteiger charge is -2.43. The van der Waals surface area contributed by atoms with Crippen molar-refractivity contribution < 1.29 is 27.8 Å². The van der Waals surface area contributed by atoms with Crippen molar-refractivity contribution in [3.05, 3.63) is 71.8 Å². The Bertz CT molecular complexity index is 799. The number of halogens is 3. The lowest BCUT2D eigenvalue weighted by Crippen LogP contribution is -2.62. The molecule has 1 aliphatic rings. The number of carboxylic acids is 1. The van der Waals surface area contributed by atoms with Crippen LogP contribution in [0.3, 0.4) is 0 Å². The second kappa shape index (κ2) is 11.3. The topological polar surface area (TPSA) is 61.8 Å². The Morgan fingerprint density at radius 2 is 1.61 bits per heavy atom. The van der Waals surface area contributed by atoms with Gasteiger partial charge in [0.2, 0.25) is 0 Å². The molecule has 2 aromatic carbocycles. The number of aliphatic carboxylic acids is 1. The van der Waals surface area contributed by atoms with Crippen LogP contribution < -0.4 is 5.32 Å². The molecule has 5 nitrogen and oxygen atoms in total. The van der Waals surface area contributed by atoms with E-state index in [2.05, 4.69) is 78.7 Å². The second-order valence-corrected chi connectivity index (χ2v) is 8.18. The lowest BCUT2D eigenvalue weighted by atomic mass is 9.98. The van der Waals surface area contributed by atoms with E-state index in [-0.39, 0.29) is 5.54 Å². The van der Waals surface area contributed by atoms with Gasteiger partial charge in [-0.25, -0.2) is 4.79 Å². The summed E-state index contributed by atoms with van der Waals surface area (Å²) in [4.78, 5) is 11.4. The number of piperazine rings is 1. The number of carbonyl (C=O) groups is 1. The molecule has 2 aromatic rings. The highest BCUT2D eigenvalue weighted by Crippen LogP contribution is 2.17. The molecule has 0 radical (unpaired) electrons. The number of ether oxygens (including phenoxy) is 1. The van der Waals surface area contributed by atoms with Crippen LogP contribution in [-0.4, -0.2) is 53.4 Å². The number of nitrogens with one attached hydrogen (secondary N) is 1. The van der Waals surface area contributed by atoms with Gasteiger partial charge in [-0.15, -0.1) is 0 Å². The third-order valence-electron chi connectivity index (χ3n) is 4.61. The molecule has 8 heteroatoms. The zero-order valence-corrected chi connectivity index (χ0v) is 17.7. The number of hydrogen-bond acceptors (Lipinski definition) is 4. The van der Waals surface area contributed by atoms with Crippen LogP contribution in [0.5, 0.6) is 0 Å². The van der Waals surface area contributed by atoms with Gasteiger partial charge in [0.1, 0.15) is 0 Å². The average molecular weight is 438 g/mol. The molecule has 1 atom stereocenters. The largest absolute Gasteiger partial charge is 0.490 e. The minimum Gasteiger partial charge on any atom is -0.475 e. The molecular formula is C23H29F3N2O3. The van der Waals surface area contributed by atoms with Gasteiger partial charge in [-0.3, -0.25) is 4.90 Å². The molecular weight excluding hydrogens is 409 g/mol. The van der Waals surface area contributed by atoms with Crippen LogP contribution >= 0.6 is 0 Å². The first-order valence-corrected chi connectivity index (χ1v) is 10.0. The summed E-state index contributed by atoms with van der Waals surface area (Å²) in [5, 5.41) is 10.9. The van der Waals surface area contributed by atoms with Gasteiger partial charge in [0.15, 0.2) is 0 Å². The molecule has 0 bridgehead atoms. The smallest absolute Gasteiger partial charge is 0.475 e. The molecule has 170 valence electrons. The Balaban J connectivity index is 0.000000423. The fourth-order valence-electron chi connectivity index (χ4n) is 3.53. The Morgan fingerprint density at radius 1 is 1.10 bits per heavy atom. The molecule has 1 unspecified atom stereocenters. The Morgan fingerprint density at radius 3 is 2.13 bits per heavy atom. The van der Waals surface area contributed by atoms with E-state index in [1.54, 1.807) is 0 Å². The first kappa shape index (κ1) is 24.8. The molecule has 3 rings (SSSR count). The zero-order chi connectivity index (χ0) is 22.9. The number of nitrogens with zero attached hydrogens (tertiary/aromatic N) is 1. The van der Waals surface area contributed by atoms with Gasteiger partial charge in [0.05, 0.1) is 13.2 Å². The minimum atomic E-state index is -5.08. The van der Waals surface area contributed by atoms with Gasteiger partial charge in [0, 0.05) is 31.2 Å². The Hall–Kier alpha value is -2.42. The molecule has 1 aliphatic heterocycles. The van der Waals surface area contributed by atoms with E-state index in [4.69, 9.17) is 14.6 Å². The van der Waals surface area contributed by atoms with E-state index in [0.29, 0.717) is 12.6 Å². The summed E-state index contributed by atoms with van der Waals surface area (Å²) in [6, 6.07) is 21.4. The standard InChI is InChI=1S/C21H28N2O.C2HF3O2/c1-21(2)17-23(13-18-9-5-3-6-10-18)14-20(22-21)16-24-15-19-11-7-4-8-12-19;3-2(4,5)1(6)7/h3-12,20,22H,13-17H2,1-2H3;(H,6,7). The van der Waals surface area contributed by atoms with Gasteiger partial charge in [-0.1, -0.05) is 60.7 Å². The highest BCUT2D eigenvalue weighted by atomic mass is 19.4. The van der Waals surface area contributed by atoms with E-state index in [1.807, 2.05) is 6.07 Å². The van der Waals surface area contributed by atoms with Gasteiger partial charge >= 0.3 is 12.1 Å². The fraction of sp³-hybridized carbons (Fsp3) is 0.435. The van der Waals surface area contributed by atoms with E-state index >= 15 is 0 Å². The molecule has 0 spiro atoms. The molecule has 1 heterocycles. The minimum absolute atomic E-state index is 0.105. The molecule has 0 amide bonds. The van der Waals surface area contributed by atoms with Crippen molar-refractivity contribution in [1.29, 1.82) is 0 Å². The third kappa shape index (κ3) is 9.50. The normalized spacial score (nSPS) is 18.7. The van der Waals surface area contributed by atoms with Crippen molar-refractivity contribution in [2.45, 2.75) is 44.8 Å². The number of carboxylic acid groups (broad SMARTS) is 1. The van der Waals surface area contributed by atoms with Crippen molar-refractivity contribution in [2.75, 3.05) is 19.7 Å². The van der Waals surface area contributed by atoms with Crippen LogP contribution in [0.15, 0.2) is 60.7 Å². The van der Waals surface area contributed by atoms with Crippen LogP contribution in [0.25, 0.3) is 0 Å². The molecule has 0 saturated carbocycles. The second-order valence-electron chi connectivity index (χ2n) is 8.18. The summed E-state index contributed by atoms with van der Waals surface area (Å²) in [6.45, 7) is 9.04. The molecule has 2 N–H and O–H groups in total. The number of hydrogen-bond donors (Lipinski definition) is 2. The van der Waals surface area contributed by atoms with Crippen molar-refractivity contribution in [3.63, 3.8) is 0 Å². The van der Waals surface area contributed by atoms with Crippen LogP contribution in [-0.2, 0) is 22.7 Å². The summed E-state index contributed by atoms with van der Waals surface area (Å²) in [5.74, 6) is -2.76. The van der Waals surface area contributed by atoms with Crippen molar-refractivity contribution in [1.82, 2.24) is 10.2 Å². The third-order valence-corrected chi connectivity index (χ3v) is 4.61. The van der Waals surface area contributed by atoms with Gasteiger partial charge in [0.25, 0.3) is 0 Å². The molecule has 0 aliphatic carbocycles. The average Bonchev–Trinajstić information content (AvgIpc) is 2.68. The van der Waals surface area contributed by atoms with Crippen molar-refractivity contribution in [2.24, 2.45) is 0 Å². The molecule has 1 saturated heterocycles. The van der Waals surface area contributed by atoms with E-state index in [0.717, 1.165) is 26.2 Å². The summed E-state index contributed by atoms with van der Waals surface area (Å²) in [6.07, 6.45) is -5.08. The van der Waals surface area contributed by atoms with Crippen LogP contribution in [0.2, 0.25) is 0 Å². The summed E-state index contributed by atoms with van der Waals surface area (Å²) in [7, 11) is 0. The Labute approximate surface area is 180 Å². The fourth-order valence-corrected chi connectivity index (χ4v) is 3.53. The summed E-state index contributed by atoms with van der Waals surface area (Å²) >= 11 is 0. The molecule has 31 heavy (non-hydrogen) atoms. The van der Waals surface area contributed by atoms with Crippen LogP contribution in [0.1, 0.15) is 25.0 Å². The highest BCUT2D eigenvalue weighted by molar-refractivity contribution is 5.73. The SMILES string of the molecule is CC1(C)CN(Cc2ccccc2)CC(COCc2ccccc2)N1.O=C(O)C(F)(F)F. The van der Waals surface area contributed by atoms with Crippen molar-refractivity contribution >= 4 is 5.97 Å². The quantitative estimate of drug-likeness (QED) is 0.712. The van der Waals surface area contributed by atoms with Gasteiger partial charge in [-0.2, -0.15) is 13.2 Å². The van der Waals surface area contributed by atoms with E-state index in [1.165, 1.54) is 11.1 Å². The summed E-state index contributed by atoms with van der Waals surface area (Å²) < 4.78 is 37.7. The van der Waals surface area contributed by atoms with Gasteiger partial charge in [-0.05, 0) is 25.0 Å².